The average Bonchev–Trinajstić information content (AvgIpc) is 2.31. The number of rotatable bonds is 11. The Morgan fingerprint density at radius 1 is 0.737 bits per heavy atom. The Balaban J connectivity index is 0. The van der Waals surface area contributed by atoms with E-state index in [4.69, 9.17) is 9.66 Å². The standard InChI is InChI=1S/C12H26O3S.C2H6O/c1-2-3-4-5-6-7-8-9-10-11-12-16(13,14)15;1-2-3/h2-12H2,1H3,(H,13,14,15);3H,2H2,1H3. The van der Waals surface area contributed by atoms with Crippen LogP contribution in [-0.2, 0) is 10.1 Å². The van der Waals surface area contributed by atoms with Crippen LogP contribution in [0.4, 0.5) is 0 Å². The Morgan fingerprint density at radius 3 is 1.37 bits per heavy atom. The van der Waals surface area contributed by atoms with Crippen molar-refractivity contribution in [2.24, 2.45) is 0 Å². The van der Waals surface area contributed by atoms with Crippen molar-refractivity contribution in [1.82, 2.24) is 0 Å². The van der Waals surface area contributed by atoms with Crippen molar-refractivity contribution in [2.75, 3.05) is 12.4 Å². The number of aliphatic hydroxyl groups is 1. The molecule has 0 unspecified atom stereocenters. The molecule has 0 saturated carbocycles. The molecule has 0 heterocycles. The van der Waals surface area contributed by atoms with Crippen LogP contribution >= 0.6 is 0 Å². The van der Waals surface area contributed by atoms with Gasteiger partial charge >= 0.3 is 0 Å². The zero-order valence-electron chi connectivity index (χ0n) is 12.6. The summed E-state index contributed by atoms with van der Waals surface area (Å²) in [6, 6.07) is 0. The molecule has 0 bridgehead atoms. The fourth-order valence-electron chi connectivity index (χ4n) is 1.77. The Labute approximate surface area is 119 Å². The molecule has 0 spiro atoms. The molecule has 0 fully saturated rings. The Kier molecular flexibility index (Phi) is 17.7. The van der Waals surface area contributed by atoms with Crippen LogP contribution < -0.4 is 0 Å². The molecule has 2 N–H and O–H groups in total. The summed E-state index contributed by atoms with van der Waals surface area (Å²) in [4.78, 5) is 0. The summed E-state index contributed by atoms with van der Waals surface area (Å²) < 4.78 is 29.4. The lowest BCUT2D eigenvalue weighted by atomic mass is 10.1. The van der Waals surface area contributed by atoms with Crippen LogP contribution in [0.3, 0.4) is 0 Å². The molecule has 19 heavy (non-hydrogen) atoms. The zero-order chi connectivity index (χ0) is 15.0. The minimum Gasteiger partial charge on any atom is -0.397 e. The Hall–Kier alpha value is -0.130. The van der Waals surface area contributed by atoms with Gasteiger partial charge in [0, 0.05) is 6.61 Å². The average molecular weight is 296 g/mol. The molecule has 0 aromatic rings. The molecule has 0 amide bonds. The van der Waals surface area contributed by atoms with Crippen molar-refractivity contribution >= 4 is 10.1 Å². The largest absolute Gasteiger partial charge is 0.397 e. The van der Waals surface area contributed by atoms with Crippen molar-refractivity contribution in [3.63, 3.8) is 0 Å². The van der Waals surface area contributed by atoms with Crippen LogP contribution in [0.15, 0.2) is 0 Å². The summed E-state index contributed by atoms with van der Waals surface area (Å²) in [5.41, 5.74) is 0. The molecule has 0 atom stereocenters. The molecule has 118 valence electrons. The molecule has 0 aromatic heterocycles. The zero-order valence-corrected chi connectivity index (χ0v) is 13.4. The van der Waals surface area contributed by atoms with Gasteiger partial charge in [-0.05, 0) is 13.3 Å². The maximum atomic E-state index is 10.4. The Morgan fingerprint density at radius 2 is 1.05 bits per heavy atom. The predicted octanol–water partition coefficient (Wildman–Crippen LogP) is 3.79. The minimum absolute atomic E-state index is 0.0799. The normalized spacial score (nSPS) is 10.9. The van der Waals surface area contributed by atoms with Crippen LogP contribution in [-0.4, -0.2) is 30.4 Å². The second kappa shape index (κ2) is 15.9. The van der Waals surface area contributed by atoms with Crippen LogP contribution in [0.25, 0.3) is 0 Å². The van der Waals surface area contributed by atoms with Gasteiger partial charge in [0.05, 0.1) is 5.75 Å². The van der Waals surface area contributed by atoms with E-state index in [1.165, 1.54) is 44.9 Å². The van der Waals surface area contributed by atoms with E-state index >= 15 is 0 Å². The van der Waals surface area contributed by atoms with E-state index in [0.717, 1.165) is 12.8 Å². The topological polar surface area (TPSA) is 74.6 Å². The maximum Gasteiger partial charge on any atom is 0.264 e. The van der Waals surface area contributed by atoms with Gasteiger partial charge in [0.1, 0.15) is 0 Å². The van der Waals surface area contributed by atoms with Crippen LogP contribution in [0.5, 0.6) is 0 Å². The fourth-order valence-corrected chi connectivity index (χ4v) is 2.34. The summed E-state index contributed by atoms with van der Waals surface area (Å²) in [6.07, 6.45) is 11.7. The van der Waals surface area contributed by atoms with Crippen molar-refractivity contribution in [3.05, 3.63) is 0 Å². The fraction of sp³-hybridized carbons (Fsp3) is 1.00. The van der Waals surface area contributed by atoms with Crippen LogP contribution in [0.1, 0.15) is 78.1 Å². The first-order valence-corrected chi connectivity index (χ1v) is 9.14. The van der Waals surface area contributed by atoms with Crippen molar-refractivity contribution < 1.29 is 18.1 Å². The second-order valence-electron chi connectivity index (χ2n) is 4.78. The van der Waals surface area contributed by atoms with Crippen molar-refractivity contribution in [1.29, 1.82) is 0 Å². The van der Waals surface area contributed by atoms with Gasteiger partial charge in [-0.25, -0.2) is 0 Å². The third-order valence-corrected chi connectivity index (χ3v) is 3.56. The highest BCUT2D eigenvalue weighted by atomic mass is 32.2. The van der Waals surface area contributed by atoms with Gasteiger partial charge in [0.25, 0.3) is 10.1 Å². The molecule has 4 nitrogen and oxygen atoms in total. The summed E-state index contributed by atoms with van der Waals surface area (Å²) >= 11 is 0. The number of hydrogen-bond donors (Lipinski definition) is 2. The van der Waals surface area contributed by atoms with Gasteiger partial charge in [-0.3, -0.25) is 4.55 Å². The first kappa shape index (κ1) is 21.2. The van der Waals surface area contributed by atoms with E-state index in [1.54, 1.807) is 6.92 Å². The van der Waals surface area contributed by atoms with E-state index in [2.05, 4.69) is 6.92 Å². The molecule has 0 rings (SSSR count). The summed E-state index contributed by atoms with van der Waals surface area (Å²) in [5, 5.41) is 7.57. The van der Waals surface area contributed by atoms with Gasteiger partial charge in [0.2, 0.25) is 0 Å². The lowest BCUT2D eigenvalue weighted by Crippen LogP contribution is -2.03. The van der Waals surface area contributed by atoms with E-state index in [9.17, 15) is 8.42 Å². The van der Waals surface area contributed by atoms with E-state index in [-0.39, 0.29) is 12.4 Å². The minimum atomic E-state index is -3.73. The molecule has 0 aliphatic carbocycles. The number of hydrogen-bond acceptors (Lipinski definition) is 3. The predicted molar refractivity (Wildman–Crippen MR) is 81.0 cm³/mol. The third kappa shape index (κ3) is 27.2. The Bertz CT molecular complexity index is 250. The molecule has 0 aliphatic heterocycles. The van der Waals surface area contributed by atoms with Crippen molar-refractivity contribution in [3.8, 4) is 0 Å². The van der Waals surface area contributed by atoms with Gasteiger partial charge in [-0.15, -0.1) is 0 Å². The van der Waals surface area contributed by atoms with Gasteiger partial charge in [-0.1, -0.05) is 64.7 Å². The van der Waals surface area contributed by atoms with Gasteiger partial charge in [-0.2, -0.15) is 8.42 Å². The number of unbranched alkanes of at least 4 members (excludes halogenated alkanes) is 9. The SMILES string of the molecule is CCCCCCCCCCCCS(=O)(=O)O.CCO. The molecule has 0 radical (unpaired) electrons. The van der Waals surface area contributed by atoms with E-state index in [1.807, 2.05) is 0 Å². The summed E-state index contributed by atoms with van der Waals surface area (Å²) in [6.45, 7) is 4.15. The number of aliphatic hydroxyl groups excluding tert-OH is 1. The monoisotopic (exact) mass is 296 g/mol. The smallest absolute Gasteiger partial charge is 0.264 e. The highest BCUT2D eigenvalue weighted by Gasteiger charge is 2.02. The van der Waals surface area contributed by atoms with Crippen LogP contribution in [0, 0.1) is 0 Å². The van der Waals surface area contributed by atoms with E-state index in [0.29, 0.717) is 6.42 Å². The quantitative estimate of drug-likeness (QED) is 0.449. The first-order valence-electron chi connectivity index (χ1n) is 7.54. The second-order valence-corrected chi connectivity index (χ2v) is 6.36. The van der Waals surface area contributed by atoms with Crippen molar-refractivity contribution in [2.45, 2.75) is 78.1 Å². The molecular weight excluding hydrogens is 264 g/mol. The van der Waals surface area contributed by atoms with Gasteiger partial charge < -0.3 is 5.11 Å². The molecule has 0 aliphatic rings. The lowest BCUT2D eigenvalue weighted by molar-refractivity contribution is 0.318. The molecule has 5 heteroatoms. The third-order valence-electron chi connectivity index (χ3n) is 2.76. The lowest BCUT2D eigenvalue weighted by Gasteiger charge is -2.01. The summed E-state index contributed by atoms with van der Waals surface area (Å²) in [5.74, 6) is -0.0799. The summed E-state index contributed by atoms with van der Waals surface area (Å²) in [7, 11) is -3.73. The highest BCUT2D eigenvalue weighted by molar-refractivity contribution is 7.85. The van der Waals surface area contributed by atoms with E-state index < -0.39 is 10.1 Å². The van der Waals surface area contributed by atoms with Crippen LogP contribution in [0.2, 0.25) is 0 Å². The molecule has 0 saturated heterocycles. The molecular formula is C14H32O4S. The highest BCUT2D eigenvalue weighted by Crippen LogP contribution is 2.10. The maximum absolute atomic E-state index is 10.4. The first-order chi connectivity index (χ1) is 8.97. The molecule has 0 aromatic carbocycles. The van der Waals surface area contributed by atoms with Gasteiger partial charge in [0.15, 0.2) is 0 Å².